The molecular weight excluding hydrogens is 222 g/mol. The number of sulfone groups is 1. The van der Waals surface area contributed by atoms with Crippen molar-refractivity contribution in [2.75, 3.05) is 5.75 Å². The van der Waals surface area contributed by atoms with Crippen molar-refractivity contribution >= 4 is 22.2 Å². The fourth-order valence-electron chi connectivity index (χ4n) is 2.61. The molecule has 84 valence electrons. The van der Waals surface area contributed by atoms with Gasteiger partial charge in [0.1, 0.15) is 0 Å². The zero-order valence-electron chi connectivity index (χ0n) is 8.24. The standard InChI is InChI=1S/C9H17NO2S.ClH/c10-9(5-2-1-3-6-9)8-4-7-13(8,11)12;/h8H,1-7,10H2;1H/t8-;/m1./s1. The van der Waals surface area contributed by atoms with Crippen LogP contribution in [-0.2, 0) is 9.84 Å². The minimum absolute atomic E-state index is 0. The van der Waals surface area contributed by atoms with Gasteiger partial charge in [0.25, 0.3) is 0 Å². The second kappa shape index (κ2) is 3.99. The summed E-state index contributed by atoms with van der Waals surface area (Å²) in [6.07, 6.45) is 6.00. The van der Waals surface area contributed by atoms with Crippen LogP contribution in [-0.4, -0.2) is 25.0 Å². The van der Waals surface area contributed by atoms with Crippen molar-refractivity contribution in [1.82, 2.24) is 0 Å². The number of hydrogen-bond acceptors (Lipinski definition) is 3. The quantitative estimate of drug-likeness (QED) is 0.750. The lowest BCUT2D eigenvalue weighted by Gasteiger charge is -2.44. The van der Waals surface area contributed by atoms with Crippen molar-refractivity contribution in [2.45, 2.75) is 49.3 Å². The zero-order chi connectivity index (χ0) is 9.53. The first-order chi connectivity index (χ1) is 6.05. The predicted octanol–water partition coefficient (Wildman–Crippen LogP) is 1.26. The average Bonchev–Trinajstić information content (AvgIpc) is 2.03. The molecule has 1 aliphatic carbocycles. The van der Waals surface area contributed by atoms with Crippen molar-refractivity contribution in [3.8, 4) is 0 Å². The van der Waals surface area contributed by atoms with Gasteiger partial charge in [-0.25, -0.2) is 8.42 Å². The topological polar surface area (TPSA) is 60.2 Å². The number of rotatable bonds is 1. The first kappa shape index (κ1) is 12.3. The largest absolute Gasteiger partial charge is 0.324 e. The van der Waals surface area contributed by atoms with E-state index in [2.05, 4.69) is 0 Å². The molecule has 1 heterocycles. The maximum Gasteiger partial charge on any atom is 0.155 e. The molecule has 1 saturated carbocycles. The predicted molar refractivity (Wildman–Crippen MR) is 59.4 cm³/mol. The van der Waals surface area contributed by atoms with Crippen LogP contribution in [0.4, 0.5) is 0 Å². The van der Waals surface area contributed by atoms with Gasteiger partial charge in [-0.2, -0.15) is 0 Å². The van der Waals surface area contributed by atoms with E-state index in [4.69, 9.17) is 5.73 Å². The van der Waals surface area contributed by atoms with Crippen LogP contribution in [0.5, 0.6) is 0 Å². The average molecular weight is 240 g/mol. The van der Waals surface area contributed by atoms with Gasteiger partial charge < -0.3 is 5.73 Å². The lowest BCUT2D eigenvalue weighted by atomic mass is 9.79. The molecule has 0 aromatic heterocycles. The van der Waals surface area contributed by atoms with Crippen molar-refractivity contribution in [3.63, 3.8) is 0 Å². The SMILES string of the molecule is Cl.NC1([C@H]2CCS2(=O)=O)CCCCC1. The molecule has 2 rings (SSSR count). The first-order valence-electron chi connectivity index (χ1n) is 5.05. The highest BCUT2D eigenvalue weighted by Crippen LogP contribution is 2.38. The monoisotopic (exact) mass is 239 g/mol. The van der Waals surface area contributed by atoms with Gasteiger partial charge >= 0.3 is 0 Å². The molecular formula is C9H18ClNO2S. The van der Waals surface area contributed by atoms with Crippen LogP contribution in [0, 0.1) is 0 Å². The van der Waals surface area contributed by atoms with Gasteiger partial charge in [0.2, 0.25) is 0 Å². The Kier molecular flexibility index (Phi) is 3.49. The second-order valence-corrected chi connectivity index (χ2v) is 6.74. The molecule has 0 aromatic rings. The zero-order valence-corrected chi connectivity index (χ0v) is 9.87. The van der Waals surface area contributed by atoms with Gasteiger partial charge in [0, 0.05) is 5.54 Å². The molecule has 0 unspecified atom stereocenters. The first-order valence-corrected chi connectivity index (χ1v) is 6.77. The van der Waals surface area contributed by atoms with Crippen LogP contribution in [0.15, 0.2) is 0 Å². The molecule has 2 aliphatic rings. The van der Waals surface area contributed by atoms with Crippen LogP contribution in [0.2, 0.25) is 0 Å². The van der Waals surface area contributed by atoms with E-state index < -0.39 is 9.84 Å². The van der Waals surface area contributed by atoms with Crippen molar-refractivity contribution in [2.24, 2.45) is 5.73 Å². The number of halogens is 1. The minimum atomic E-state index is -2.81. The molecule has 1 aliphatic heterocycles. The fourth-order valence-corrected chi connectivity index (χ4v) is 4.41. The van der Waals surface area contributed by atoms with E-state index in [1.807, 2.05) is 0 Å². The Balaban J connectivity index is 0.000000980. The van der Waals surface area contributed by atoms with E-state index in [-0.39, 0.29) is 23.2 Å². The summed E-state index contributed by atoms with van der Waals surface area (Å²) in [5.74, 6) is 0.358. The third-order valence-corrected chi connectivity index (χ3v) is 5.90. The van der Waals surface area contributed by atoms with E-state index in [0.29, 0.717) is 5.75 Å². The van der Waals surface area contributed by atoms with Crippen molar-refractivity contribution in [3.05, 3.63) is 0 Å². The van der Waals surface area contributed by atoms with Gasteiger partial charge in [0.15, 0.2) is 9.84 Å². The molecule has 0 spiro atoms. The molecule has 14 heavy (non-hydrogen) atoms. The molecule has 2 fully saturated rings. The van der Waals surface area contributed by atoms with Crippen molar-refractivity contribution < 1.29 is 8.42 Å². The maximum absolute atomic E-state index is 11.4. The third-order valence-electron chi connectivity index (χ3n) is 3.52. The Labute approximate surface area is 91.8 Å². The molecule has 0 amide bonds. The molecule has 3 nitrogen and oxygen atoms in total. The fraction of sp³-hybridized carbons (Fsp3) is 1.00. The Morgan fingerprint density at radius 3 is 2.07 bits per heavy atom. The van der Waals surface area contributed by atoms with E-state index in [9.17, 15) is 8.42 Å². The molecule has 0 bridgehead atoms. The summed E-state index contributed by atoms with van der Waals surface area (Å²) in [7, 11) is -2.81. The highest BCUT2D eigenvalue weighted by Gasteiger charge is 2.49. The molecule has 1 saturated heterocycles. The van der Waals surface area contributed by atoms with Crippen LogP contribution in [0.3, 0.4) is 0 Å². The Morgan fingerprint density at radius 1 is 1.14 bits per heavy atom. The summed E-state index contributed by atoms with van der Waals surface area (Å²) in [6.45, 7) is 0. The minimum Gasteiger partial charge on any atom is -0.324 e. The molecule has 0 radical (unpaired) electrons. The van der Waals surface area contributed by atoms with E-state index >= 15 is 0 Å². The lowest BCUT2D eigenvalue weighted by Crippen LogP contribution is -2.60. The highest BCUT2D eigenvalue weighted by atomic mass is 35.5. The molecule has 2 N–H and O–H groups in total. The van der Waals surface area contributed by atoms with Gasteiger partial charge in [-0.3, -0.25) is 0 Å². The number of nitrogens with two attached hydrogens (primary N) is 1. The van der Waals surface area contributed by atoms with Gasteiger partial charge in [0.05, 0.1) is 11.0 Å². The van der Waals surface area contributed by atoms with Crippen LogP contribution in [0.25, 0.3) is 0 Å². The smallest absolute Gasteiger partial charge is 0.155 e. The highest BCUT2D eigenvalue weighted by molar-refractivity contribution is 7.93. The van der Waals surface area contributed by atoms with Gasteiger partial charge in [-0.15, -0.1) is 12.4 Å². The summed E-state index contributed by atoms with van der Waals surface area (Å²) in [4.78, 5) is 0. The van der Waals surface area contributed by atoms with Crippen molar-refractivity contribution in [1.29, 1.82) is 0 Å². The molecule has 1 atom stereocenters. The Bertz CT molecular complexity index is 296. The summed E-state index contributed by atoms with van der Waals surface area (Å²) in [5.41, 5.74) is 5.78. The Morgan fingerprint density at radius 2 is 1.71 bits per heavy atom. The van der Waals surface area contributed by atoms with Crippen LogP contribution in [0.1, 0.15) is 38.5 Å². The summed E-state index contributed by atoms with van der Waals surface area (Å²) in [6, 6.07) is 0. The summed E-state index contributed by atoms with van der Waals surface area (Å²) < 4.78 is 22.9. The second-order valence-electron chi connectivity index (χ2n) is 4.44. The van der Waals surface area contributed by atoms with Crippen LogP contribution < -0.4 is 5.73 Å². The lowest BCUT2D eigenvalue weighted by molar-refractivity contribution is 0.267. The summed E-state index contributed by atoms with van der Waals surface area (Å²) in [5, 5.41) is -0.222. The van der Waals surface area contributed by atoms with E-state index in [1.165, 1.54) is 6.42 Å². The van der Waals surface area contributed by atoms with E-state index in [1.54, 1.807) is 0 Å². The van der Waals surface area contributed by atoms with Crippen LogP contribution >= 0.6 is 12.4 Å². The maximum atomic E-state index is 11.4. The Hall–Kier alpha value is 0.200. The normalized spacial score (nSPS) is 33.9. The van der Waals surface area contributed by atoms with E-state index in [0.717, 1.165) is 32.1 Å². The van der Waals surface area contributed by atoms with Gasteiger partial charge in [-0.1, -0.05) is 19.3 Å². The summed E-state index contributed by atoms with van der Waals surface area (Å²) >= 11 is 0. The molecule has 0 aromatic carbocycles. The third kappa shape index (κ3) is 1.92. The van der Waals surface area contributed by atoms with Gasteiger partial charge in [-0.05, 0) is 19.3 Å². The molecule has 5 heteroatoms. The number of hydrogen-bond donors (Lipinski definition) is 1.